The van der Waals surface area contributed by atoms with Crippen LogP contribution < -0.4 is 0 Å². The molecule has 0 bridgehead atoms. The summed E-state index contributed by atoms with van der Waals surface area (Å²) in [4.78, 5) is 0. The third-order valence-corrected chi connectivity index (χ3v) is 9.36. The molecule has 8 atom stereocenters. The summed E-state index contributed by atoms with van der Waals surface area (Å²) in [7, 11) is 0. The van der Waals surface area contributed by atoms with Gasteiger partial charge in [-0.15, -0.1) is 0 Å². The number of epoxide rings is 1. The monoisotopic (exact) mass is 304 g/mol. The van der Waals surface area contributed by atoms with E-state index in [1.807, 2.05) is 0 Å². The lowest BCUT2D eigenvalue weighted by Gasteiger charge is -2.60. The van der Waals surface area contributed by atoms with Crippen LogP contribution in [0.5, 0.6) is 0 Å². The van der Waals surface area contributed by atoms with Crippen LogP contribution in [-0.4, -0.2) is 23.4 Å². The Morgan fingerprint density at radius 1 is 0.955 bits per heavy atom. The molecule has 0 aromatic carbocycles. The van der Waals surface area contributed by atoms with Gasteiger partial charge >= 0.3 is 0 Å². The van der Waals surface area contributed by atoms with E-state index in [2.05, 4.69) is 13.8 Å². The molecule has 22 heavy (non-hydrogen) atoms. The fraction of sp³-hybridized carbons (Fsp3) is 1.00. The maximum Gasteiger partial charge on any atom is 0.0972 e. The molecule has 2 nitrogen and oxygen atoms in total. The normalized spacial score (nSPS) is 63.1. The first kappa shape index (κ1) is 14.3. The molecule has 2 heteroatoms. The van der Waals surface area contributed by atoms with Crippen molar-refractivity contribution in [3.05, 3.63) is 0 Å². The predicted molar refractivity (Wildman–Crippen MR) is 86.4 cm³/mol. The van der Waals surface area contributed by atoms with Crippen LogP contribution in [-0.2, 0) is 4.74 Å². The van der Waals surface area contributed by atoms with E-state index in [0.717, 1.165) is 43.1 Å². The molecular weight excluding hydrogens is 272 g/mol. The van der Waals surface area contributed by atoms with E-state index in [0.29, 0.717) is 16.4 Å². The lowest BCUT2D eigenvalue weighted by Crippen LogP contribution is -2.54. The Labute approximate surface area is 135 Å². The van der Waals surface area contributed by atoms with E-state index in [-0.39, 0.29) is 6.10 Å². The summed E-state index contributed by atoms with van der Waals surface area (Å²) in [6.45, 7) is 6.19. The summed E-state index contributed by atoms with van der Waals surface area (Å²) in [6.07, 6.45) is 11.8. The fourth-order valence-electron chi connectivity index (χ4n) is 7.72. The second-order valence-corrected chi connectivity index (χ2v) is 9.95. The van der Waals surface area contributed by atoms with Crippen LogP contribution in [0.25, 0.3) is 0 Å². The quantitative estimate of drug-likeness (QED) is 0.682. The van der Waals surface area contributed by atoms with Crippen LogP contribution >= 0.6 is 0 Å². The Hall–Kier alpha value is -0.0800. The highest BCUT2D eigenvalue weighted by molar-refractivity contribution is 5.17. The van der Waals surface area contributed by atoms with Crippen molar-refractivity contribution < 1.29 is 9.84 Å². The van der Waals surface area contributed by atoms with Crippen molar-refractivity contribution in [3.8, 4) is 0 Å². The first-order valence-electron chi connectivity index (χ1n) is 9.79. The Morgan fingerprint density at radius 2 is 1.77 bits per heavy atom. The Bertz CT molecular complexity index is 484. The van der Waals surface area contributed by atoms with Gasteiger partial charge in [0.1, 0.15) is 0 Å². The van der Waals surface area contributed by atoms with Gasteiger partial charge in [-0.05, 0) is 86.9 Å². The van der Waals surface area contributed by atoms with Crippen molar-refractivity contribution in [2.45, 2.75) is 83.3 Å². The van der Waals surface area contributed by atoms with Gasteiger partial charge in [0, 0.05) is 5.41 Å². The Kier molecular flexibility index (Phi) is 2.79. The van der Waals surface area contributed by atoms with E-state index >= 15 is 0 Å². The number of aliphatic hydroxyl groups is 1. The zero-order chi connectivity index (χ0) is 15.2. The highest BCUT2D eigenvalue weighted by Gasteiger charge is 2.69. The highest BCUT2D eigenvalue weighted by Crippen LogP contribution is 2.70. The van der Waals surface area contributed by atoms with Crippen molar-refractivity contribution in [2.24, 2.45) is 34.5 Å². The van der Waals surface area contributed by atoms with Crippen LogP contribution in [0, 0.1) is 34.5 Å². The standard InChI is InChI=1S/C20H32O2/c1-18-7-6-16(21)9-14(18)4-3-13-11-19(2)15(10-17(13)18)5-8-20(19)12-22-20/h13-17,21H,3-12H2,1-2H3/t13-,14-,15+,16?,17?,18+,19+,20-/m0/s1. The molecule has 1 spiro atoms. The third-order valence-electron chi connectivity index (χ3n) is 9.36. The molecule has 1 N–H and O–H groups in total. The molecule has 2 unspecified atom stereocenters. The average molecular weight is 304 g/mol. The summed E-state index contributed by atoms with van der Waals surface area (Å²) in [5.41, 5.74) is 1.29. The highest BCUT2D eigenvalue weighted by atomic mass is 16.6. The Morgan fingerprint density at radius 3 is 2.55 bits per heavy atom. The number of hydrogen-bond donors (Lipinski definition) is 1. The molecule has 0 aromatic heterocycles. The van der Waals surface area contributed by atoms with Crippen LogP contribution in [0.4, 0.5) is 0 Å². The smallest absolute Gasteiger partial charge is 0.0972 e. The van der Waals surface area contributed by atoms with E-state index in [9.17, 15) is 5.11 Å². The van der Waals surface area contributed by atoms with Crippen molar-refractivity contribution >= 4 is 0 Å². The number of rotatable bonds is 0. The van der Waals surface area contributed by atoms with Crippen LogP contribution in [0.15, 0.2) is 0 Å². The lowest BCUT2D eigenvalue weighted by atomic mass is 9.45. The second kappa shape index (κ2) is 4.30. The third kappa shape index (κ3) is 1.64. The molecule has 4 saturated carbocycles. The van der Waals surface area contributed by atoms with E-state index in [1.54, 1.807) is 0 Å². The summed E-state index contributed by atoms with van der Waals surface area (Å²) in [5.74, 6) is 3.54. The van der Waals surface area contributed by atoms with Gasteiger partial charge in [0.05, 0.1) is 18.3 Å². The van der Waals surface area contributed by atoms with Gasteiger partial charge in [0.2, 0.25) is 0 Å². The van der Waals surface area contributed by atoms with Crippen LogP contribution in [0.3, 0.4) is 0 Å². The van der Waals surface area contributed by atoms with Gasteiger partial charge in [-0.2, -0.15) is 0 Å². The van der Waals surface area contributed by atoms with Gasteiger partial charge in [-0.3, -0.25) is 0 Å². The fourth-order valence-corrected chi connectivity index (χ4v) is 7.72. The van der Waals surface area contributed by atoms with Gasteiger partial charge in [-0.25, -0.2) is 0 Å². The van der Waals surface area contributed by atoms with Crippen LogP contribution in [0.2, 0.25) is 0 Å². The first-order chi connectivity index (χ1) is 10.5. The maximum atomic E-state index is 10.1. The molecule has 5 rings (SSSR count). The minimum Gasteiger partial charge on any atom is -0.393 e. The number of fused-ring (bicyclic) bond motifs is 5. The van der Waals surface area contributed by atoms with Gasteiger partial charge in [-0.1, -0.05) is 13.8 Å². The molecule has 0 amide bonds. The number of ether oxygens (including phenoxy) is 1. The topological polar surface area (TPSA) is 32.8 Å². The minimum atomic E-state index is -0.0157. The summed E-state index contributed by atoms with van der Waals surface area (Å²) < 4.78 is 6.02. The number of hydrogen-bond acceptors (Lipinski definition) is 2. The van der Waals surface area contributed by atoms with Gasteiger partial charge in [0.25, 0.3) is 0 Å². The molecule has 0 aromatic rings. The largest absolute Gasteiger partial charge is 0.393 e. The van der Waals surface area contributed by atoms with E-state index < -0.39 is 0 Å². The minimum absolute atomic E-state index is 0.0157. The molecular formula is C20H32O2. The first-order valence-corrected chi connectivity index (χ1v) is 9.79. The van der Waals surface area contributed by atoms with E-state index in [4.69, 9.17) is 4.74 Å². The van der Waals surface area contributed by atoms with Crippen molar-refractivity contribution in [2.75, 3.05) is 6.61 Å². The lowest BCUT2D eigenvalue weighted by molar-refractivity contribution is -0.121. The van der Waals surface area contributed by atoms with Gasteiger partial charge in [0.15, 0.2) is 0 Å². The zero-order valence-electron chi connectivity index (χ0n) is 14.3. The molecule has 124 valence electrons. The molecule has 1 heterocycles. The average Bonchev–Trinajstić information content (AvgIpc) is 3.22. The molecule has 5 aliphatic rings. The molecule has 4 aliphatic carbocycles. The SMILES string of the molecule is C[C@@]12CCC(O)C[C@@H]1CC[C@H]1C[C@]3(C)[C@H](CC[C@]34CO4)CC12. The molecule has 5 fully saturated rings. The number of aliphatic hydroxyl groups excluding tert-OH is 1. The van der Waals surface area contributed by atoms with Gasteiger partial charge < -0.3 is 9.84 Å². The molecule has 1 aliphatic heterocycles. The maximum absolute atomic E-state index is 10.1. The van der Waals surface area contributed by atoms with Crippen LogP contribution in [0.1, 0.15) is 71.6 Å². The van der Waals surface area contributed by atoms with Crippen molar-refractivity contribution in [3.63, 3.8) is 0 Å². The molecule has 0 radical (unpaired) electrons. The predicted octanol–water partition coefficient (Wildman–Crippen LogP) is 4.16. The summed E-state index contributed by atoms with van der Waals surface area (Å²) >= 11 is 0. The van der Waals surface area contributed by atoms with E-state index in [1.165, 1.54) is 44.9 Å². The second-order valence-electron chi connectivity index (χ2n) is 9.95. The van der Waals surface area contributed by atoms with Crippen molar-refractivity contribution in [1.82, 2.24) is 0 Å². The van der Waals surface area contributed by atoms with Crippen molar-refractivity contribution in [1.29, 1.82) is 0 Å². The molecule has 1 saturated heterocycles. The Balaban J connectivity index is 1.45. The summed E-state index contributed by atoms with van der Waals surface area (Å²) in [5, 5.41) is 10.1. The zero-order valence-corrected chi connectivity index (χ0v) is 14.3. The summed E-state index contributed by atoms with van der Waals surface area (Å²) in [6, 6.07) is 0.